The highest BCUT2D eigenvalue weighted by atomic mass is 79.9. The summed E-state index contributed by atoms with van der Waals surface area (Å²) in [6.45, 7) is 2.16. The molecular formula is C14H19BrN2. The lowest BCUT2D eigenvalue weighted by atomic mass is 9.87. The van der Waals surface area contributed by atoms with E-state index in [4.69, 9.17) is 0 Å². The SMILES string of the molecule is Cc1cc(Br)c2c(c1)N(C)C1CCCCC1N2. The molecule has 1 aliphatic heterocycles. The normalized spacial score (nSPS) is 27.1. The molecular weight excluding hydrogens is 276 g/mol. The van der Waals surface area contributed by atoms with Gasteiger partial charge < -0.3 is 10.2 Å². The maximum Gasteiger partial charge on any atom is 0.0725 e. The van der Waals surface area contributed by atoms with Crippen LogP contribution in [0.1, 0.15) is 31.2 Å². The molecule has 0 amide bonds. The highest BCUT2D eigenvalue weighted by molar-refractivity contribution is 9.10. The Morgan fingerprint density at radius 3 is 2.88 bits per heavy atom. The Morgan fingerprint density at radius 1 is 1.29 bits per heavy atom. The molecule has 17 heavy (non-hydrogen) atoms. The van der Waals surface area contributed by atoms with Crippen molar-refractivity contribution in [3.63, 3.8) is 0 Å². The molecule has 1 aromatic carbocycles. The third-order valence-electron chi connectivity index (χ3n) is 4.15. The number of hydrogen-bond donors (Lipinski definition) is 1. The molecule has 0 radical (unpaired) electrons. The number of hydrogen-bond acceptors (Lipinski definition) is 2. The molecule has 1 aliphatic carbocycles. The van der Waals surface area contributed by atoms with Crippen LogP contribution in [-0.4, -0.2) is 19.1 Å². The van der Waals surface area contributed by atoms with Gasteiger partial charge in [-0.05, 0) is 53.4 Å². The summed E-state index contributed by atoms with van der Waals surface area (Å²) in [5, 5.41) is 3.74. The molecule has 3 heteroatoms. The average molecular weight is 295 g/mol. The van der Waals surface area contributed by atoms with Crippen LogP contribution in [0.5, 0.6) is 0 Å². The minimum Gasteiger partial charge on any atom is -0.378 e. The molecule has 2 unspecified atom stereocenters. The third-order valence-corrected chi connectivity index (χ3v) is 4.78. The van der Waals surface area contributed by atoms with Gasteiger partial charge in [-0.1, -0.05) is 12.8 Å². The number of fused-ring (bicyclic) bond motifs is 2. The van der Waals surface area contributed by atoms with Crippen LogP contribution >= 0.6 is 15.9 Å². The second-order valence-corrected chi connectivity index (χ2v) is 6.21. The topological polar surface area (TPSA) is 15.3 Å². The summed E-state index contributed by atoms with van der Waals surface area (Å²) in [6.07, 6.45) is 5.35. The monoisotopic (exact) mass is 294 g/mol. The van der Waals surface area contributed by atoms with E-state index in [1.807, 2.05) is 0 Å². The highest BCUT2D eigenvalue weighted by Gasteiger charge is 2.34. The molecule has 1 fully saturated rings. The van der Waals surface area contributed by atoms with Crippen molar-refractivity contribution >= 4 is 27.3 Å². The van der Waals surface area contributed by atoms with Gasteiger partial charge in [-0.25, -0.2) is 0 Å². The molecule has 0 aromatic heterocycles. The van der Waals surface area contributed by atoms with Gasteiger partial charge in [0.15, 0.2) is 0 Å². The van der Waals surface area contributed by atoms with E-state index in [1.165, 1.54) is 47.1 Å². The van der Waals surface area contributed by atoms with Gasteiger partial charge in [0.25, 0.3) is 0 Å². The van der Waals surface area contributed by atoms with Gasteiger partial charge in [0.2, 0.25) is 0 Å². The zero-order valence-electron chi connectivity index (χ0n) is 10.5. The molecule has 0 spiro atoms. The number of benzene rings is 1. The van der Waals surface area contributed by atoms with E-state index in [0.717, 1.165) is 0 Å². The first-order chi connectivity index (χ1) is 8.16. The Labute approximate surface area is 112 Å². The molecule has 1 N–H and O–H groups in total. The van der Waals surface area contributed by atoms with Crippen molar-refractivity contribution in [2.24, 2.45) is 0 Å². The van der Waals surface area contributed by atoms with Crippen molar-refractivity contribution in [2.75, 3.05) is 17.3 Å². The van der Waals surface area contributed by atoms with Crippen LogP contribution in [0.3, 0.4) is 0 Å². The number of nitrogens with zero attached hydrogens (tertiary/aromatic N) is 1. The molecule has 1 heterocycles. The molecule has 0 bridgehead atoms. The van der Waals surface area contributed by atoms with E-state index in [-0.39, 0.29) is 0 Å². The standard InChI is InChI=1S/C14H19BrN2/c1-9-7-10(15)14-13(8-9)17(2)12-6-4-3-5-11(12)16-14/h7-8,11-12,16H,3-6H2,1-2H3. The van der Waals surface area contributed by atoms with Crippen LogP contribution < -0.4 is 10.2 Å². The van der Waals surface area contributed by atoms with Crippen molar-refractivity contribution in [1.82, 2.24) is 0 Å². The maximum atomic E-state index is 3.74. The quantitative estimate of drug-likeness (QED) is 0.780. The summed E-state index contributed by atoms with van der Waals surface area (Å²) in [4.78, 5) is 2.48. The van der Waals surface area contributed by atoms with Crippen molar-refractivity contribution in [3.8, 4) is 0 Å². The lowest BCUT2D eigenvalue weighted by Crippen LogP contribution is -2.50. The van der Waals surface area contributed by atoms with Crippen molar-refractivity contribution in [3.05, 3.63) is 22.2 Å². The van der Waals surface area contributed by atoms with E-state index in [2.05, 4.69) is 52.3 Å². The highest BCUT2D eigenvalue weighted by Crippen LogP contribution is 2.42. The second-order valence-electron chi connectivity index (χ2n) is 5.35. The zero-order chi connectivity index (χ0) is 12.0. The van der Waals surface area contributed by atoms with Crippen molar-refractivity contribution < 1.29 is 0 Å². The summed E-state index contributed by atoms with van der Waals surface area (Å²) in [6, 6.07) is 5.78. The van der Waals surface area contributed by atoms with Crippen LogP contribution in [0.4, 0.5) is 11.4 Å². The zero-order valence-corrected chi connectivity index (χ0v) is 12.0. The van der Waals surface area contributed by atoms with E-state index in [9.17, 15) is 0 Å². The van der Waals surface area contributed by atoms with Crippen molar-refractivity contribution in [2.45, 2.75) is 44.7 Å². The van der Waals surface area contributed by atoms with E-state index in [0.29, 0.717) is 12.1 Å². The number of anilines is 2. The molecule has 2 aliphatic rings. The Morgan fingerprint density at radius 2 is 2.06 bits per heavy atom. The number of aryl methyl sites for hydroxylation is 1. The lowest BCUT2D eigenvalue weighted by molar-refractivity contribution is 0.385. The van der Waals surface area contributed by atoms with Gasteiger partial charge in [-0.3, -0.25) is 0 Å². The van der Waals surface area contributed by atoms with Gasteiger partial charge >= 0.3 is 0 Å². The molecule has 3 rings (SSSR count). The van der Waals surface area contributed by atoms with E-state index < -0.39 is 0 Å². The fourth-order valence-corrected chi connectivity index (χ4v) is 3.93. The van der Waals surface area contributed by atoms with Gasteiger partial charge in [-0.2, -0.15) is 0 Å². The van der Waals surface area contributed by atoms with Crippen LogP contribution in [0, 0.1) is 6.92 Å². The molecule has 1 aromatic rings. The van der Waals surface area contributed by atoms with Gasteiger partial charge in [0.1, 0.15) is 0 Å². The second kappa shape index (κ2) is 4.20. The Balaban J connectivity index is 2.05. The number of likely N-dealkylation sites (N-methyl/N-ethyl adjacent to an activating group) is 1. The fourth-order valence-electron chi connectivity index (χ4n) is 3.25. The summed E-state index contributed by atoms with van der Waals surface area (Å²) in [5.41, 5.74) is 3.94. The Bertz CT molecular complexity index is 444. The maximum absolute atomic E-state index is 3.74. The summed E-state index contributed by atoms with van der Waals surface area (Å²) in [5.74, 6) is 0. The molecule has 0 saturated heterocycles. The summed E-state index contributed by atoms with van der Waals surface area (Å²) < 4.78 is 1.20. The number of halogens is 1. The van der Waals surface area contributed by atoms with Crippen LogP contribution in [0.15, 0.2) is 16.6 Å². The minimum atomic E-state index is 0.625. The van der Waals surface area contributed by atoms with Crippen LogP contribution in [0.2, 0.25) is 0 Å². The first-order valence-corrected chi connectivity index (χ1v) is 7.25. The van der Waals surface area contributed by atoms with Crippen molar-refractivity contribution in [1.29, 1.82) is 0 Å². The van der Waals surface area contributed by atoms with Crippen LogP contribution in [0.25, 0.3) is 0 Å². The fraction of sp³-hybridized carbons (Fsp3) is 0.571. The summed E-state index contributed by atoms with van der Waals surface area (Å²) >= 11 is 3.69. The Kier molecular flexibility index (Phi) is 2.81. The largest absolute Gasteiger partial charge is 0.378 e. The molecule has 2 atom stereocenters. The minimum absolute atomic E-state index is 0.625. The van der Waals surface area contributed by atoms with Gasteiger partial charge in [0, 0.05) is 23.6 Å². The first kappa shape index (κ1) is 11.4. The van der Waals surface area contributed by atoms with E-state index in [1.54, 1.807) is 0 Å². The molecule has 2 nitrogen and oxygen atoms in total. The number of rotatable bonds is 0. The predicted molar refractivity (Wildman–Crippen MR) is 76.9 cm³/mol. The lowest BCUT2D eigenvalue weighted by Gasteiger charge is -2.45. The molecule has 1 saturated carbocycles. The third kappa shape index (κ3) is 1.85. The average Bonchev–Trinajstić information content (AvgIpc) is 2.31. The smallest absolute Gasteiger partial charge is 0.0725 e. The summed E-state index contributed by atoms with van der Waals surface area (Å²) in [7, 11) is 2.24. The van der Waals surface area contributed by atoms with E-state index >= 15 is 0 Å². The predicted octanol–water partition coefficient (Wildman–Crippen LogP) is 3.93. The first-order valence-electron chi connectivity index (χ1n) is 6.46. The van der Waals surface area contributed by atoms with Gasteiger partial charge in [-0.15, -0.1) is 0 Å². The Hall–Kier alpha value is -0.700. The molecule has 92 valence electrons. The number of nitrogens with one attached hydrogen (secondary N) is 1. The van der Waals surface area contributed by atoms with Crippen LogP contribution in [-0.2, 0) is 0 Å². The van der Waals surface area contributed by atoms with Gasteiger partial charge in [0.05, 0.1) is 11.4 Å².